The van der Waals surface area contributed by atoms with E-state index in [0.717, 1.165) is 16.5 Å². The number of aliphatic imine (C=N–C) groups is 1. The molecule has 6 N–H and O–H groups in total. The van der Waals surface area contributed by atoms with E-state index < -0.39 is 5.79 Å². The number of amidine groups is 1. The van der Waals surface area contributed by atoms with Gasteiger partial charge in [0, 0.05) is 10.9 Å². The number of aromatic nitrogens is 2. The van der Waals surface area contributed by atoms with Crippen LogP contribution in [0, 0.1) is 0 Å². The number of nitrogens with one attached hydrogen (secondary N) is 2. The summed E-state index contributed by atoms with van der Waals surface area (Å²) < 4.78 is 0. The summed E-state index contributed by atoms with van der Waals surface area (Å²) in [6.07, 6.45) is 3.16. The molecule has 7 heteroatoms. The van der Waals surface area contributed by atoms with Crippen LogP contribution in [-0.4, -0.2) is 22.2 Å². The molecule has 2 heterocycles. The van der Waals surface area contributed by atoms with Crippen molar-refractivity contribution in [3.8, 4) is 0 Å². The number of hydrogen-bond donors (Lipinski definition) is 4. The van der Waals surface area contributed by atoms with Gasteiger partial charge in [0.2, 0.25) is 5.79 Å². The van der Waals surface area contributed by atoms with Gasteiger partial charge in [-0.2, -0.15) is 10.2 Å². The molecule has 1 unspecified atom stereocenters. The summed E-state index contributed by atoms with van der Waals surface area (Å²) in [6, 6.07) is 5.64. The highest BCUT2D eigenvalue weighted by Crippen LogP contribution is 2.22. The van der Waals surface area contributed by atoms with E-state index in [4.69, 9.17) is 11.5 Å². The van der Waals surface area contributed by atoms with Crippen LogP contribution in [0.1, 0.15) is 5.56 Å². The Balaban J connectivity index is 2.11. The van der Waals surface area contributed by atoms with Crippen LogP contribution in [0.5, 0.6) is 0 Å². The standard InChI is InChI=1S/C10H11N7/c11-9-5-14-17-10(12,15-9)7-2-1-6-4-13-16-8(6)3-7/h1-5,17H,12H2,(H2,11,15)(H,13,16). The molecule has 0 saturated carbocycles. The van der Waals surface area contributed by atoms with Crippen molar-refractivity contribution in [1.29, 1.82) is 0 Å². The molecule has 1 aromatic heterocycles. The molecule has 1 aromatic carbocycles. The molecule has 1 aliphatic rings. The highest BCUT2D eigenvalue weighted by atomic mass is 15.5. The Morgan fingerprint density at radius 1 is 1.29 bits per heavy atom. The monoisotopic (exact) mass is 229 g/mol. The van der Waals surface area contributed by atoms with Gasteiger partial charge in [0.05, 0.1) is 17.9 Å². The normalized spacial score (nSPS) is 23.5. The van der Waals surface area contributed by atoms with Crippen molar-refractivity contribution in [1.82, 2.24) is 15.6 Å². The molecule has 0 saturated heterocycles. The lowest BCUT2D eigenvalue weighted by molar-refractivity contribution is 0.369. The van der Waals surface area contributed by atoms with Crippen LogP contribution in [0.25, 0.3) is 10.9 Å². The van der Waals surface area contributed by atoms with E-state index in [1.165, 1.54) is 6.21 Å². The second-order valence-corrected chi connectivity index (χ2v) is 3.85. The smallest absolute Gasteiger partial charge is 0.226 e. The summed E-state index contributed by atoms with van der Waals surface area (Å²) >= 11 is 0. The lowest BCUT2D eigenvalue weighted by Gasteiger charge is -2.27. The van der Waals surface area contributed by atoms with Gasteiger partial charge >= 0.3 is 0 Å². The minimum absolute atomic E-state index is 0.288. The molecule has 0 amide bonds. The Bertz CT molecular complexity index is 626. The lowest BCUT2D eigenvalue weighted by atomic mass is 10.1. The summed E-state index contributed by atoms with van der Waals surface area (Å²) in [7, 11) is 0. The van der Waals surface area contributed by atoms with E-state index in [2.05, 4.69) is 25.7 Å². The van der Waals surface area contributed by atoms with Gasteiger partial charge in [-0.1, -0.05) is 12.1 Å². The minimum Gasteiger partial charge on any atom is -0.383 e. The molecule has 2 aromatic rings. The Hall–Kier alpha value is -2.41. The lowest BCUT2D eigenvalue weighted by Crippen LogP contribution is -2.50. The summed E-state index contributed by atoms with van der Waals surface area (Å²) in [5.41, 5.74) is 16.1. The Kier molecular flexibility index (Phi) is 1.89. The van der Waals surface area contributed by atoms with Crippen molar-refractivity contribution >= 4 is 23.0 Å². The van der Waals surface area contributed by atoms with Crippen LogP contribution in [-0.2, 0) is 5.79 Å². The first-order valence-electron chi connectivity index (χ1n) is 5.05. The molecule has 7 nitrogen and oxygen atoms in total. The topological polar surface area (TPSA) is 117 Å². The van der Waals surface area contributed by atoms with E-state index in [0.29, 0.717) is 0 Å². The molecule has 86 valence electrons. The second-order valence-electron chi connectivity index (χ2n) is 3.85. The highest BCUT2D eigenvalue weighted by molar-refractivity contribution is 6.29. The number of hydrogen-bond acceptors (Lipinski definition) is 6. The van der Waals surface area contributed by atoms with Crippen molar-refractivity contribution in [2.24, 2.45) is 21.6 Å². The van der Waals surface area contributed by atoms with Crippen LogP contribution in [0.2, 0.25) is 0 Å². The molecule has 0 radical (unpaired) electrons. The molecule has 0 fully saturated rings. The SMILES string of the molecule is NC1=NC(N)(c2ccc3cn[nH]c3c2)NN=C1. The third kappa shape index (κ3) is 1.53. The molecule has 1 atom stereocenters. The van der Waals surface area contributed by atoms with Crippen molar-refractivity contribution in [3.05, 3.63) is 30.0 Å². The first kappa shape index (κ1) is 9.79. The molecule has 0 bridgehead atoms. The number of benzene rings is 1. The molecular weight excluding hydrogens is 218 g/mol. The Morgan fingerprint density at radius 2 is 2.18 bits per heavy atom. The van der Waals surface area contributed by atoms with E-state index in [1.54, 1.807) is 6.20 Å². The molecule has 0 aliphatic carbocycles. The summed E-state index contributed by atoms with van der Waals surface area (Å²) in [4.78, 5) is 4.15. The van der Waals surface area contributed by atoms with Gasteiger partial charge in [-0.05, 0) is 6.07 Å². The summed E-state index contributed by atoms with van der Waals surface area (Å²) in [5, 5.41) is 11.7. The molecular formula is C10H11N7. The Labute approximate surface area is 96.6 Å². The van der Waals surface area contributed by atoms with Gasteiger partial charge in [0.15, 0.2) is 0 Å². The quantitative estimate of drug-likeness (QED) is 0.531. The molecule has 17 heavy (non-hydrogen) atoms. The van der Waals surface area contributed by atoms with Crippen molar-refractivity contribution in [2.75, 3.05) is 0 Å². The zero-order valence-corrected chi connectivity index (χ0v) is 8.88. The number of nitrogens with zero attached hydrogens (tertiary/aromatic N) is 3. The van der Waals surface area contributed by atoms with E-state index >= 15 is 0 Å². The number of rotatable bonds is 1. The number of aromatic amines is 1. The first-order valence-corrected chi connectivity index (χ1v) is 5.05. The van der Waals surface area contributed by atoms with Gasteiger partial charge in [0.25, 0.3) is 0 Å². The zero-order valence-electron chi connectivity index (χ0n) is 8.88. The maximum atomic E-state index is 6.10. The number of H-pyrrole nitrogens is 1. The van der Waals surface area contributed by atoms with Crippen molar-refractivity contribution in [2.45, 2.75) is 5.79 Å². The van der Waals surface area contributed by atoms with E-state index in [9.17, 15) is 0 Å². The van der Waals surface area contributed by atoms with Crippen molar-refractivity contribution < 1.29 is 0 Å². The van der Waals surface area contributed by atoms with Crippen LogP contribution in [0.4, 0.5) is 0 Å². The van der Waals surface area contributed by atoms with Crippen LogP contribution < -0.4 is 16.9 Å². The van der Waals surface area contributed by atoms with Gasteiger partial charge in [-0.25, -0.2) is 4.99 Å². The second kappa shape index (κ2) is 3.29. The highest BCUT2D eigenvalue weighted by Gasteiger charge is 2.28. The average Bonchev–Trinajstić information content (AvgIpc) is 2.75. The zero-order chi connectivity index (χ0) is 11.9. The van der Waals surface area contributed by atoms with E-state index in [1.807, 2.05) is 18.2 Å². The molecule has 0 spiro atoms. The van der Waals surface area contributed by atoms with Gasteiger partial charge in [-0.15, -0.1) is 0 Å². The third-order valence-corrected chi connectivity index (χ3v) is 2.62. The predicted octanol–water partition coefficient (Wildman–Crippen LogP) is -0.422. The minimum atomic E-state index is -1.13. The fraction of sp³-hybridized carbons (Fsp3) is 0.100. The first-order chi connectivity index (χ1) is 8.17. The van der Waals surface area contributed by atoms with Crippen LogP contribution in [0.3, 0.4) is 0 Å². The Morgan fingerprint density at radius 3 is 3.00 bits per heavy atom. The van der Waals surface area contributed by atoms with Crippen molar-refractivity contribution in [3.63, 3.8) is 0 Å². The van der Waals surface area contributed by atoms with E-state index in [-0.39, 0.29) is 5.84 Å². The third-order valence-electron chi connectivity index (χ3n) is 2.62. The summed E-state index contributed by atoms with van der Waals surface area (Å²) in [6.45, 7) is 0. The van der Waals surface area contributed by atoms with Gasteiger partial charge in [-0.3, -0.25) is 16.3 Å². The van der Waals surface area contributed by atoms with Gasteiger partial charge in [0.1, 0.15) is 5.84 Å². The molecule has 3 rings (SSSR count). The maximum Gasteiger partial charge on any atom is 0.226 e. The fourth-order valence-electron chi connectivity index (χ4n) is 1.76. The van der Waals surface area contributed by atoms with Gasteiger partial charge < -0.3 is 5.73 Å². The molecule has 1 aliphatic heterocycles. The largest absolute Gasteiger partial charge is 0.383 e. The predicted molar refractivity (Wildman–Crippen MR) is 65.2 cm³/mol. The van der Waals surface area contributed by atoms with Crippen LogP contribution in [0.15, 0.2) is 34.5 Å². The summed E-state index contributed by atoms with van der Waals surface area (Å²) in [5.74, 6) is -0.839. The fourth-order valence-corrected chi connectivity index (χ4v) is 1.76. The number of hydrazone groups is 1. The van der Waals surface area contributed by atoms with Crippen LogP contribution >= 0.6 is 0 Å². The maximum absolute atomic E-state index is 6.10. The number of fused-ring (bicyclic) bond motifs is 1. The number of nitrogens with two attached hydrogens (primary N) is 2. The average molecular weight is 229 g/mol.